The lowest BCUT2D eigenvalue weighted by Crippen LogP contribution is -2.12. The van der Waals surface area contributed by atoms with Crippen molar-refractivity contribution in [1.82, 2.24) is 0 Å². The number of hydrogen-bond donors (Lipinski definition) is 0. The number of carbonyl (C=O) groups excluding carboxylic acids is 2. The van der Waals surface area contributed by atoms with Crippen molar-refractivity contribution in [2.24, 2.45) is 0 Å². The highest BCUT2D eigenvalue weighted by atomic mass is 32.1. The minimum Gasteiger partial charge on any atom is -0.483 e. The molecule has 2 rings (SSSR count). The molecule has 0 spiro atoms. The Hall–Kier alpha value is -1.62. The fourth-order valence-corrected chi connectivity index (χ4v) is 2.05. The van der Waals surface area contributed by atoms with E-state index < -0.39 is 5.97 Å². The van der Waals surface area contributed by atoms with Crippen LogP contribution in [0.3, 0.4) is 0 Å². The zero-order valence-electron chi connectivity index (χ0n) is 7.98. The summed E-state index contributed by atoms with van der Waals surface area (Å²) in [6, 6.07) is 3.62. The van der Waals surface area contributed by atoms with E-state index in [1.807, 2.05) is 11.4 Å². The second kappa shape index (κ2) is 3.86. The van der Waals surface area contributed by atoms with Crippen molar-refractivity contribution in [2.45, 2.75) is 0 Å². The Balaban J connectivity index is 2.47. The molecule has 0 aromatic carbocycles. The van der Waals surface area contributed by atoms with Crippen LogP contribution in [0.2, 0.25) is 0 Å². The molecule has 0 amide bonds. The second-order valence-electron chi connectivity index (χ2n) is 2.88. The van der Waals surface area contributed by atoms with Gasteiger partial charge in [-0.05, 0) is 11.4 Å². The van der Waals surface area contributed by atoms with Crippen LogP contribution in [0.5, 0.6) is 0 Å². The molecule has 0 unspecified atom stereocenters. The molecule has 1 aromatic heterocycles. The number of ketones is 1. The average Bonchev–Trinajstić information content (AvgIpc) is 2.85. The van der Waals surface area contributed by atoms with Gasteiger partial charge in [-0.15, -0.1) is 11.3 Å². The maximum absolute atomic E-state index is 11.4. The van der Waals surface area contributed by atoms with Gasteiger partial charge in [-0.1, -0.05) is 6.07 Å². The number of hydrogen-bond acceptors (Lipinski definition) is 5. The first-order valence-corrected chi connectivity index (χ1v) is 5.14. The minimum absolute atomic E-state index is 0.0138. The molecule has 0 atom stereocenters. The van der Waals surface area contributed by atoms with Crippen LogP contribution in [0.15, 0.2) is 23.1 Å². The molecule has 0 radical (unpaired) electrons. The van der Waals surface area contributed by atoms with Gasteiger partial charge in [-0.2, -0.15) is 0 Å². The number of carbonyl (C=O) groups is 2. The van der Waals surface area contributed by atoms with Crippen molar-refractivity contribution in [3.05, 3.63) is 28.0 Å². The van der Waals surface area contributed by atoms with Gasteiger partial charge in [-0.25, -0.2) is 4.79 Å². The standard InChI is InChI=1S/C10H8O4S/c1-13-10(12)8-6(11)5-14-9(8)7-3-2-4-15-7/h2-4H,5H2,1H3. The number of Topliss-reactive ketones (excluding diaryl/α,β-unsaturated/α-hetero) is 1. The fraction of sp³-hybridized carbons (Fsp3) is 0.200. The number of rotatable bonds is 2. The Morgan fingerprint density at radius 2 is 2.40 bits per heavy atom. The van der Waals surface area contributed by atoms with Crippen LogP contribution in [0.1, 0.15) is 4.88 Å². The van der Waals surface area contributed by atoms with E-state index in [2.05, 4.69) is 4.74 Å². The first-order chi connectivity index (χ1) is 7.24. The Morgan fingerprint density at radius 1 is 1.60 bits per heavy atom. The quantitative estimate of drug-likeness (QED) is 0.560. The molecule has 4 nitrogen and oxygen atoms in total. The molecule has 1 aromatic rings. The van der Waals surface area contributed by atoms with E-state index in [0.717, 1.165) is 4.88 Å². The predicted octanol–water partition coefficient (Wildman–Crippen LogP) is 1.23. The third kappa shape index (κ3) is 1.66. The van der Waals surface area contributed by atoms with E-state index in [0.29, 0.717) is 5.76 Å². The van der Waals surface area contributed by atoms with E-state index >= 15 is 0 Å². The summed E-state index contributed by atoms with van der Waals surface area (Å²) in [5.41, 5.74) is 0.0138. The van der Waals surface area contributed by atoms with Crippen LogP contribution < -0.4 is 0 Å². The van der Waals surface area contributed by atoms with Crippen molar-refractivity contribution < 1.29 is 19.1 Å². The summed E-state index contributed by atoms with van der Waals surface area (Å²) in [6.07, 6.45) is 0. The van der Waals surface area contributed by atoms with Gasteiger partial charge in [-0.3, -0.25) is 4.79 Å². The van der Waals surface area contributed by atoms with E-state index in [1.54, 1.807) is 6.07 Å². The van der Waals surface area contributed by atoms with E-state index in [1.165, 1.54) is 18.4 Å². The SMILES string of the molecule is COC(=O)C1=C(c2cccs2)OCC1=O. The highest BCUT2D eigenvalue weighted by Gasteiger charge is 2.32. The summed E-state index contributed by atoms with van der Waals surface area (Å²) in [5, 5.41) is 1.85. The summed E-state index contributed by atoms with van der Waals surface area (Å²) in [4.78, 5) is 23.5. The van der Waals surface area contributed by atoms with Gasteiger partial charge in [0.1, 0.15) is 5.57 Å². The third-order valence-corrected chi connectivity index (χ3v) is 2.86. The van der Waals surface area contributed by atoms with Crippen LogP contribution in [0.25, 0.3) is 5.76 Å². The van der Waals surface area contributed by atoms with Crippen LogP contribution in [0, 0.1) is 0 Å². The molecule has 0 saturated heterocycles. The molecular formula is C10H8O4S. The zero-order valence-corrected chi connectivity index (χ0v) is 8.80. The molecular weight excluding hydrogens is 216 g/mol. The van der Waals surface area contributed by atoms with Crippen molar-refractivity contribution in [3.63, 3.8) is 0 Å². The molecule has 0 bridgehead atoms. The van der Waals surface area contributed by atoms with E-state index in [4.69, 9.17) is 4.74 Å². The minimum atomic E-state index is -0.638. The Morgan fingerprint density at radius 3 is 3.00 bits per heavy atom. The van der Waals surface area contributed by atoms with Crippen LogP contribution in [-0.2, 0) is 19.1 Å². The Labute approximate surface area is 90.1 Å². The van der Waals surface area contributed by atoms with Gasteiger partial charge in [0.15, 0.2) is 12.4 Å². The molecule has 0 N–H and O–H groups in total. The Bertz CT molecular complexity index is 430. The van der Waals surface area contributed by atoms with Gasteiger partial charge in [0, 0.05) is 0 Å². The lowest BCUT2D eigenvalue weighted by atomic mass is 10.1. The van der Waals surface area contributed by atoms with Crippen molar-refractivity contribution in [1.29, 1.82) is 0 Å². The number of esters is 1. The van der Waals surface area contributed by atoms with Gasteiger partial charge >= 0.3 is 5.97 Å². The highest BCUT2D eigenvalue weighted by Crippen LogP contribution is 2.29. The number of thiophene rings is 1. The molecule has 0 aliphatic carbocycles. The van der Waals surface area contributed by atoms with Crippen LogP contribution in [0.4, 0.5) is 0 Å². The lowest BCUT2D eigenvalue weighted by molar-refractivity contribution is -0.137. The molecule has 78 valence electrons. The average molecular weight is 224 g/mol. The second-order valence-corrected chi connectivity index (χ2v) is 3.83. The molecule has 2 heterocycles. The highest BCUT2D eigenvalue weighted by molar-refractivity contribution is 7.11. The summed E-state index contributed by atoms with van der Waals surface area (Å²) < 4.78 is 9.72. The van der Waals surface area contributed by atoms with E-state index in [9.17, 15) is 9.59 Å². The maximum atomic E-state index is 11.4. The van der Waals surface area contributed by atoms with Crippen LogP contribution >= 0.6 is 11.3 Å². The van der Waals surface area contributed by atoms with E-state index in [-0.39, 0.29) is 18.0 Å². The smallest absolute Gasteiger partial charge is 0.345 e. The third-order valence-electron chi connectivity index (χ3n) is 1.99. The first kappa shape index (κ1) is 9.92. The van der Waals surface area contributed by atoms with Crippen molar-refractivity contribution in [2.75, 3.05) is 13.7 Å². The topological polar surface area (TPSA) is 52.6 Å². The van der Waals surface area contributed by atoms with Crippen molar-refractivity contribution in [3.8, 4) is 0 Å². The first-order valence-electron chi connectivity index (χ1n) is 4.26. The van der Waals surface area contributed by atoms with Gasteiger partial charge in [0.25, 0.3) is 0 Å². The lowest BCUT2D eigenvalue weighted by Gasteiger charge is -2.00. The number of ether oxygens (including phenoxy) is 2. The number of methoxy groups -OCH3 is 1. The molecule has 1 aliphatic heterocycles. The normalized spacial score (nSPS) is 15.4. The summed E-state index contributed by atoms with van der Waals surface area (Å²) in [6.45, 7) is -0.0856. The van der Waals surface area contributed by atoms with Crippen molar-refractivity contribution >= 4 is 28.8 Å². The molecule has 5 heteroatoms. The van der Waals surface area contributed by atoms with Gasteiger partial charge in [0.05, 0.1) is 12.0 Å². The molecule has 15 heavy (non-hydrogen) atoms. The largest absolute Gasteiger partial charge is 0.483 e. The summed E-state index contributed by atoms with van der Waals surface area (Å²) in [7, 11) is 1.24. The van der Waals surface area contributed by atoms with Crippen LogP contribution in [-0.4, -0.2) is 25.5 Å². The maximum Gasteiger partial charge on any atom is 0.345 e. The van der Waals surface area contributed by atoms with Gasteiger partial charge in [0.2, 0.25) is 5.78 Å². The summed E-state index contributed by atoms with van der Waals surface area (Å²) in [5.74, 6) is -0.631. The van der Waals surface area contributed by atoms with Gasteiger partial charge < -0.3 is 9.47 Å². The Kier molecular flexibility index (Phi) is 2.55. The zero-order chi connectivity index (χ0) is 10.8. The summed E-state index contributed by atoms with van der Waals surface area (Å²) >= 11 is 1.41. The molecule has 0 saturated carbocycles. The predicted molar refractivity (Wildman–Crippen MR) is 54.2 cm³/mol. The fourth-order valence-electron chi connectivity index (χ4n) is 1.32. The molecule has 1 aliphatic rings. The monoisotopic (exact) mass is 224 g/mol. The molecule has 0 fully saturated rings.